The van der Waals surface area contributed by atoms with Gasteiger partial charge in [0.1, 0.15) is 5.41 Å². The Bertz CT molecular complexity index is 586. The van der Waals surface area contributed by atoms with Crippen LogP contribution in [0.5, 0.6) is 0 Å². The molecule has 1 aromatic rings. The second-order valence-electron chi connectivity index (χ2n) is 8.17. The van der Waals surface area contributed by atoms with Gasteiger partial charge in [0.2, 0.25) is 0 Å². The summed E-state index contributed by atoms with van der Waals surface area (Å²) in [7, 11) is 2.34. The number of fused-ring (bicyclic) bond motifs is 2. The van der Waals surface area contributed by atoms with Crippen LogP contribution in [0, 0.1) is 5.92 Å². The van der Waals surface area contributed by atoms with Crippen LogP contribution >= 0.6 is 0 Å². The molecular weight excluding hydrogens is 302 g/mol. The maximum absolute atomic E-state index is 12.3. The first-order valence-corrected chi connectivity index (χ1v) is 9.12. The van der Waals surface area contributed by atoms with Crippen molar-refractivity contribution in [1.82, 2.24) is 0 Å². The molecule has 1 unspecified atom stereocenters. The third kappa shape index (κ3) is 2.31. The molecular formula is C20H30NO3+. The van der Waals surface area contributed by atoms with Crippen molar-refractivity contribution in [1.29, 1.82) is 0 Å². The van der Waals surface area contributed by atoms with Crippen LogP contribution in [-0.4, -0.2) is 52.4 Å². The number of aliphatic hydroxyl groups excluding tert-OH is 1. The lowest BCUT2D eigenvalue weighted by Crippen LogP contribution is -2.64. The molecule has 0 spiro atoms. The zero-order valence-corrected chi connectivity index (χ0v) is 15.0. The van der Waals surface area contributed by atoms with Gasteiger partial charge in [-0.05, 0) is 25.3 Å². The number of aliphatic carboxylic acids is 1. The lowest BCUT2D eigenvalue weighted by atomic mass is 9.65. The molecule has 2 N–H and O–H groups in total. The summed E-state index contributed by atoms with van der Waals surface area (Å²) in [6.07, 6.45) is 4.11. The maximum Gasteiger partial charge on any atom is 0.316 e. The fourth-order valence-electron chi connectivity index (χ4n) is 5.49. The van der Waals surface area contributed by atoms with E-state index in [1.165, 1.54) is 12.8 Å². The van der Waals surface area contributed by atoms with Gasteiger partial charge in [-0.3, -0.25) is 4.79 Å². The topological polar surface area (TPSA) is 57.5 Å². The smallest absolute Gasteiger partial charge is 0.316 e. The van der Waals surface area contributed by atoms with Crippen molar-refractivity contribution < 1.29 is 19.5 Å². The average Bonchev–Trinajstić information content (AvgIpc) is 2.75. The van der Waals surface area contributed by atoms with Crippen LogP contribution in [0.2, 0.25) is 0 Å². The molecule has 0 aliphatic carbocycles. The van der Waals surface area contributed by atoms with Gasteiger partial charge in [0.25, 0.3) is 0 Å². The minimum absolute atomic E-state index is 0.00940. The van der Waals surface area contributed by atoms with Gasteiger partial charge >= 0.3 is 5.97 Å². The van der Waals surface area contributed by atoms with Crippen LogP contribution in [0.3, 0.4) is 0 Å². The third-order valence-electron chi connectivity index (χ3n) is 7.25. The number of carboxylic acid groups (broad SMARTS) is 1. The highest BCUT2D eigenvalue weighted by Gasteiger charge is 2.59. The first-order valence-electron chi connectivity index (χ1n) is 9.12. The Morgan fingerprint density at radius 2 is 1.75 bits per heavy atom. The highest BCUT2D eigenvalue weighted by atomic mass is 16.4. The van der Waals surface area contributed by atoms with Gasteiger partial charge < -0.3 is 14.7 Å². The number of nitrogens with zero attached hydrogens (tertiary/aromatic N) is 1. The number of aliphatic hydroxyl groups is 1. The predicted molar refractivity (Wildman–Crippen MR) is 93.7 cm³/mol. The second kappa shape index (κ2) is 6.16. The number of piperidine rings is 1. The molecule has 4 heteroatoms. The number of hydrogen-bond donors (Lipinski definition) is 2. The van der Waals surface area contributed by atoms with Crippen molar-refractivity contribution in [3.8, 4) is 0 Å². The lowest BCUT2D eigenvalue weighted by Gasteiger charge is -2.52. The van der Waals surface area contributed by atoms with E-state index in [-0.39, 0.29) is 12.5 Å². The molecule has 2 saturated heterocycles. The van der Waals surface area contributed by atoms with Gasteiger partial charge in [-0.1, -0.05) is 30.3 Å². The zero-order valence-electron chi connectivity index (χ0n) is 15.0. The van der Waals surface area contributed by atoms with E-state index in [1.807, 2.05) is 30.3 Å². The van der Waals surface area contributed by atoms with Crippen LogP contribution in [0.15, 0.2) is 30.3 Å². The summed E-state index contributed by atoms with van der Waals surface area (Å²) in [6.45, 7) is 4.22. The van der Waals surface area contributed by atoms with Crippen LogP contribution < -0.4 is 0 Å². The molecule has 0 amide bonds. The van der Waals surface area contributed by atoms with Gasteiger partial charge in [0, 0.05) is 25.7 Å². The first-order chi connectivity index (χ1) is 11.4. The Morgan fingerprint density at radius 3 is 2.17 bits per heavy atom. The van der Waals surface area contributed by atoms with E-state index < -0.39 is 11.4 Å². The Balaban J connectivity index is 1.99. The number of hydrogen-bond acceptors (Lipinski definition) is 2. The molecule has 0 saturated carbocycles. The summed E-state index contributed by atoms with van der Waals surface area (Å²) in [5.74, 6) is -0.897. The summed E-state index contributed by atoms with van der Waals surface area (Å²) >= 11 is 0. The molecule has 4 nitrogen and oxygen atoms in total. The van der Waals surface area contributed by atoms with Crippen molar-refractivity contribution in [3.63, 3.8) is 0 Å². The van der Waals surface area contributed by atoms with Gasteiger partial charge in [0.15, 0.2) is 0 Å². The van der Waals surface area contributed by atoms with E-state index in [1.54, 1.807) is 0 Å². The average molecular weight is 332 g/mol. The van der Waals surface area contributed by atoms with E-state index in [4.69, 9.17) is 0 Å². The normalized spacial score (nSPS) is 35.0. The lowest BCUT2D eigenvalue weighted by molar-refractivity contribution is -0.968. The molecule has 1 aromatic carbocycles. The predicted octanol–water partition coefficient (Wildman–Crippen LogP) is 2.80. The summed E-state index contributed by atoms with van der Waals surface area (Å²) in [4.78, 5) is 12.3. The number of quaternary nitrogens is 1. The van der Waals surface area contributed by atoms with Gasteiger partial charge in [-0.2, -0.15) is 0 Å². The Hall–Kier alpha value is -1.39. The van der Waals surface area contributed by atoms with E-state index in [0.29, 0.717) is 18.1 Å². The summed E-state index contributed by atoms with van der Waals surface area (Å²) in [5.41, 5.74) is -0.435. The SMILES string of the molecule is CC(C)[N+]1(C)[C@@H]2CC[C@@H]1CC(C(CO)(C(=O)O)c1ccccc1)C2. The molecule has 24 heavy (non-hydrogen) atoms. The van der Waals surface area contributed by atoms with Crippen LogP contribution in [0.1, 0.15) is 45.1 Å². The van der Waals surface area contributed by atoms with Crippen molar-refractivity contribution >= 4 is 5.97 Å². The van der Waals surface area contributed by atoms with Crippen molar-refractivity contribution in [3.05, 3.63) is 35.9 Å². The fraction of sp³-hybridized carbons (Fsp3) is 0.650. The Labute approximate surface area is 144 Å². The first kappa shape index (κ1) is 17.4. The van der Waals surface area contributed by atoms with Crippen LogP contribution in [0.4, 0.5) is 0 Å². The summed E-state index contributed by atoms with van der Waals surface area (Å²) in [6, 6.07) is 10.9. The maximum atomic E-state index is 12.3. The highest BCUT2D eigenvalue weighted by Crippen LogP contribution is 2.51. The Morgan fingerprint density at radius 1 is 1.21 bits per heavy atom. The Kier molecular flexibility index (Phi) is 4.47. The number of rotatable bonds is 5. The molecule has 2 aliphatic heterocycles. The van der Waals surface area contributed by atoms with E-state index in [9.17, 15) is 15.0 Å². The molecule has 3 rings (SSSR count). The largest absolute Gasteiger partial charge is 0.481 e. The highest BCUT2D eigenvalue weighted by molar-refractivity contribution is 5.82. The minimum atomic E-state index is -1.18. The molecule has 3 atom stereocenters. The molecule has 2 bridgehead atoms. The number of carbonyl (C=O) groups is 1. The van der Waals surface area contributed by atoms with Crippen LogP contribution in [0.25, 0.3) is 0 Å². The number of benzene rings is 1. The van der Waals surface area contributed by atoms with Gasteiger partial charge in [-0.25, -0.2) is 0 Å². The quantitative estimate of drug-likeness (QED) is 0.815. The summed E-state index contributed by atoms with van der Waals surface area (Å²) in [5, 5.41) is 20.3. The molecule has 0 radical (unpaired) electrons. The summed E-state index contributed by atoms with van der Waals surface area (Å²) < 4.78 is 1.06. The van der Waals surface area contributed by atoms with Gasteiger partial charge in [0.05, 0.1) is 31.8 Å². The number of carboxylic acids is 1. The second-order valence-corrected chi connectivity index (χ2v) is 8.17. The van der Waals surface area contributed by atoms with E-state index in [0.717, 1.165) is 22.9 Å². The molecule has 2 heterocycles. The fourth-order valence-corrected chi connectivity index (χ4v) is 5.49. The van der Waals surface area contributed by atoms with Crippen molar-refractivity contribution in [2.24, 2.45) is 5.92 Å². The van der Waals surface area contributed by atoms with Crippen molar-refractivity contribution in [2.45, 2.75) is 63.1 Å². The van der Waals surface area contributed by atoms with Gasteiger partial charge in [-0.15, -0.1) is 0 Å². The standard InChI is InChI=1S/C20H29NO3/c1-14(2)21(3)17-9-10-18(21)12-16(11-17)20(13-22,19(23)24)15-7-5-4-6-8-15/h4-8,14,16-18,22H,9-13H2,1-3H3/p+1/t16?,17-,18-,20?,21?/m1/s1. The minimum Gasteiger partial charge on any atom is -0.481 e. The third-order valence-corrected chi connectivity index (χ3v) is 7.25. The molecule has 2 aliphatic rings. The van der Waals surface area contributed by atoms with E-state index in [2.05, 4.69) is 20.9 Å². The van der Waals surface area contributed by atoms with Crippen molar-refractivity contribution in [2.75, 3.05) is 13.7 Å². The van der Waals surface area contributed by atoms with Crippen LogP contribution in [-0.2, 0) is 10.2 Å². The molecule has 2 fully saturated rings. The monoisotopic (exact) mass is 332 g/mol. The molecule has 132 valence electrons. The van der Waals surface area contributed by atoms with E-state index >= 15 is 0 Å². The zero-order chi connectivity index (χ0) is 17.5. The molecule has 0 aromatic heterocycles.